The fourth-order valence-corrected chi connectivity index (χ4v) is 3.74. The Morgan fingerprint density at radius 3 is 2.57 bits per heavy atom. The van der Waals surface area contributed by atoms with E-state index in [-0.39, 0.29) is 30.9 Å². The zero-order chi connectivity index (χ0) is 21.7. The maximum absolute atomic E-state index is 13.1. The molecule has 2 amide bonds. The first-order chi connectivity index (χ1) is 14.3. The van der Waals surface area contributed by atoms with Crippen molar-refractivity contribution in [1.82, 2.24) is 4.90 Å². The van der Waals surface area contributed by atoms with Gasteiger partial charge in [0.05, 0.1) is 19.1 Å². The van der Waals surface area contributed by atoms with E-state index < -0.39 is 0 Å². The van der Waals surface area contributed by atoms with Gasteiger partial charge in [0.1, 0.15) is 0 Å². The fourth-order valence-electron chi connectivity index (χ4n) is 3.74. The summed E-state index contributed by atoms with van der Waals surface area (Å²) >= 11 is 0. The molecule has 0 bridgehead atoms. The van der Waals surface area contributed by atoms with Gasteiger partial charge in [-0.15, -0.1) is 0 Å². The number of hydrogen-bond donors (Lipinski definition) is 1. The van der Waals surface area contributed by atoms with Crippen molar-refractivity contribution < 1.29 is 14.3 Å². The molecule has 0 spiro atoms. The minimum atomic E-state index is -0.185. The van der Waals surface area contributed by atoms with E-state index in [0.717, 1.165) is 41.8 Å². The topological polar surface area (TPSA) is 58.6 Å². The number of benzene rings is 2. The number of rotatable bonds is 7. The first-order valence-corrected chi connectivity index (χ1v) is 10.6. The molecule has 1 aliphatic heterocycles. The number of hydrogen-bond acceptors (Lipinski definition) is 3. The molecule has 1 fully saturated rings. The SMILES string of the molecule is Cc1ccc(CC(=O)N(CC(=O)Nc2cccc(C)c2C)C[C@@H]2CCCO2)cc1C. The van der Waals surface area contributed by atoms with Gasteiger partial charge in [0.25, 0.3) is 0 Å². The molecule has 1 atom stereocenters. The predicted molar refractivity (Wildman–Crippen MR) is 120 cm³/mol. The van der Waals surface area contributed by atoms with E-state index in [9.17, 15) is 9.59 Å². The molecule has 0 aromatic heterocycles. The van der Waals surface area contributed by atoms with Gasteiger partial charge in [0.2, 0.25) is 11.8 Å². The number of aryl methyl sites for hydroxylation is 3. The molecule has 0 saturated carbocycles. The fraction of sp³-hybridized carbons (Fsp3) is 0.440. The lowest BCUT2D eigenvalue weighted by atomic mass is 10.0. The summed E-state index contributed by atoms with van der Waals surface area (Å²) < 4.78 is 5.73. The van der Waals surface area contributed by atoms with E-state index >= 15 is 0 Å². The third-order valence-electron chi connectivity index (χ3n) is 5.94. The van der Waals surface area contributed by atoms with Crippen LogP contribution in [0.2, 0.25) is 0 Å². The van der Waals surface area contributed by atoms with Crippen molar-refractivity contribution in [2.45, 2.75) is 53.1 Å². The van der Waals surface area contributed by atoms with Crippen LogP contribution < -0.4 is 5.32 Å². The van der Waals surface area contributed by atoms with Crippen LogP contribution in [-0.4, -0.2) is 42.5 Å². The van der Waals surface area contributed by atoms with Gasteiger partial charge in [-0.25, -0.2) is 0 Å². The van der Waals surface area contributed by atoms with Gasteiger partial charge in [0, 0.05) is 18.8 Å². The summed E-state index contributed by atoms with van der Waals surface area (Å²) in [6, 6.07) is 11.9. The van der Waals surface area contributed by atoms with Crippen LogP contribution in [-0.2, 0) is 20.7 Å². The van der Waals surface area contributed by atoms with Gasteiger partial charge in [-0.2, -0.15) is 0 Å². The molecule has 160 valence electrons. The van der Waals surface area contributed by atoms with Crippen molar-refractivity contribution in [1.29, 1.82) is 0 Å². The summed E-state index contributed by atoms with van der Waals surface area (Å²) in [7, 11) is 0. The highest BCUT2D eigenvalue weighted by molar-refractivity contribution is 5.95. The van der Waals surface area contributed by atoms with Crippen LogP contribution >= 0.6 is 0 Å². The van der Waals surface area contributed by atoms with E-state index in [1.54, 1.807) is 4.90 Å². The van der Waals surface area contributed by atoms with Crippen molar-refractivity contribution in [3.8, 4) is 0 Å². The number of amides is 2. The molecule has 1 N–H and O–H groups in total. The zero-order valence-corrected chi connectivity index (χ0v) is 18.5. The van der Waals surface area contributed by atoms with Crippen LogP contribution in [0.1, 0.15) is 40.7 Å². The van der Waals surface area contributed by atoms with Crippen LogP contribution in [0.3, 0.4) is 0 Å². The summed E-state index contributed by atoms with van der Waals surface area (Å²) in [6.07, 6.45) is 2.21. The van der Waals surface area contributed by atoms with E-state index in [0.29, 0.717) is 6.54 Å². The van der Waals surface area contributed by atoms with Crippen molar-refractivity contribution >= 4 is 17.5 Å². The predicted octanol–water partition coefficient (Wildman–Crippen LogP) is 4.11. The monoisotopic (exact) mass is 408 g/mol. The molecule has 1 saturated heterocycles. The second-order valence-electron chi connectivity index (χ2n) is 8.30. The van der Waals surface area contributed by atoms with Gasteiger partial charge in [-0.05, 0) is 74.4 Å². The Kier molecular flexibility index (Phi) is 7.27. The molecule has 2 aromatic carbocycles. The molecule has 0 radical (unpaired) electrons. The highest BCUT2D eigenvalue weighted by atomic mass is 16.5. The van der Waals surface area contributed by atoms with Crippen molar-refractivity contribution in [3.05, 3.63) is 64.2 Å². The van der Waals surface area contributed by atoms with Gasteiger partial charge >= 0.3 is 0 Å². The molecule has 30 heavy (non-hydrogen) atoms. The number of anilines is 1. The van der Waals surface area contributed by atoms with Gasteiger partial charge in [0.15, 0.2) is 0 Å². The minimum Gasteiger partial charge on any atom is -0.376 e. The molecule has 0 unspecified atom stereocenters. The maximum atomic E-state index is 13.1. The average Bonchev–Trinajstić information content (AvgIpc) is 3.21. The number of ether oxygens (including phenoxy) is 1. The summed E-state index contributed by atoms with van der Waals surface area (Å²) in [5.74, 6) is -0.236. The Hall–Kier alpha value is -2.66. The number of nitrogens with zero attached hydrogens (tertiary/aromatic N) is 1. The Morgan fingerprint density at radius 1 is 1.07 bits per heavy atom. The third kappa shape index (κ3) is 5.70. The second-order valence-corrected chi connectivity index (χ2v) is 8.30. The highest BCUT2D eigenvalue weighted by Crippen LogP contribution is 2.19. The number of carbonyl (C=O) groups excluding carboxylic acids is 2. The first-order valence-electron chi connectivity index (χ1n) is 10.6. The third-order valence-corrected chi connectivity index (χ3v) is 5.94. The standard InChI is InChI=1S/C25H32N2O3/c1-17-10-11-21(13-19(17)3)14-25(29)27(15-22-8-6-12-30-22)16-24(28)26-23-9-5-7-18(2)20(23)4/h5,7,9-11,13,22H,6,8,12,14-16H2,1-4H3,(H,26,28)/t22-/m0/s1. The Balaban J connectivity index is 1.70. The zero-order valence-electron chi connectivity index (χ0n) is 18.5. The van der Waals surface area contributed by atoms with Crippen molar-refractivity contribution in [2.24, 2.45) is 0 Å². The molecule has 1 aliphatic rings. The van der Waals surface area contributed by atoms with Crippen LogP contribution in [0, 0.1) is 27.7 Å². The van der Waals surface area contributed by atoms with Crippen LogP contribution in [0.25, 0.3) is 0 Å². The van der Waals surface area contributed by atoms with Gasteiger partial charge in [-0.3, -0.25) is 9.59 Å². The normalized spacial score (nSPS) is 15.8. The van der Waals surface area contributed by atoms with Crippen molar-refractivity contribution in [3.63, 3.8) is 0 Å². The largest absolute Gasteiger partial charge is 0.376 e. The lowest BCUT2D eigenvalue weighted by molar-refractivity contribution is -0.135. The molecule has 3 rings (SSSR count). The molecular weight excluding hydrogens is 376 g/mol. The summed E-state index contributed by atoms with van der Waals surface area (Å²) in [4.78, 5) is 27.5. The minimum absolute atomic E-state index is 0.00205. The number of carbonyl (C=O) groups is 2. The molecule has 5 nitrogen and oxygen atoms in total. The quantitative estimate of drug-likeness (QED) is 0.750. The first kappa shape index (κ1) is 22.0. The Morgan fingerprint density at radius 2 is 1.87 bits per heavy atom. The van der Waals surface area contributed by atoms with Crippen LogP contribution in [0.4, 0.5) is 5.69 Å². The summed E-state index contributed by atoms with van der Waals surface area (Å²) in [5, 5.41) is 2.97. The lowest BCUT2D eigenvalue weighted by Crippen LogP contribution is -2.43. The summed E-state index contributed by atoms with van der Waals surface area (Å²) in [6.45, 7) is 9.30. The molecular formula is C25H32N2O3. The van der Waals surface area contributed by atoms with E-state index in [4.69, 9.17) is 4.74 Å². The van der Waals surface area contributed by atoms with Gasteiger partial charge in [-0.1, -0.05) is 30.3 Å². The highest BCUT2D eigenvalue weighted by Gasteiger charge is 2.24. The van der Waals surface area contributed by atoms with E-state index in [1.165, 1.54) is 11.1 Å². The summed E-state index contributed by atoms with van der Waals surface area (Å²) in [5.41, 5.74) is 6.29. The smallest absolute Gasteiger partial charge is 0.244 e. The Bertz CT molecular complexity index is 917. The molecule has 2 aromatic rings. The molecule has 0 aliphatic carbocycles. The van der Waals surface area contributed by atoms with Gasteiger partial charge < -0.3 is 15.0 Å². The molecule has 5 heteroatoms. The molecule has 1 heterocycles. The maximum Gasteiger partial charge on any atom is 0.244 e. The van der Waals surface area contributed by atoms with E-state index in [2.05, 4.69) is 12.2 Å². The Labute approximate surface area is 179 Å². The second kappa shape index (κ2) is 9.90. The van der Waals surface area contributed by atoms with Crippen LogP contribution in [0.5, 0.6) is 0 Å². The lowest BCUT2D eigenvalue weighted by Gasteiger charge is -2.25. The van der Waals surface area contributed by atoms with Crippen LogP contribution in [0.15, 0.2) is 36.4 Å². The van der Waals surface area contributed by atoms with Crippen molar-refractivity contribution in [2.75, 3.05) is 25.0 Å². The van der Waals surface area contributed by atoms with E-state index in [1.807, 2.05) is 57.2 Å². The number of nitrogens with one attached hydrogen (secondary N) is 1. The average molecular weight is 409 g/mol.